The fraction of sp³-hybridized carbons (Fsp3) is 0.414. The predicted octanol–water partition coefficient (Wildman–Crippen LogP) is 4.88. The van der Waals surface area contributed by atoms with Crippen LogP contribution in [0.2, 0.25) is 0 Å². The Hall–Kier alpha value is -3.21. The van der Waals surface area contributed by atoms with E-state index in [1.807, 2.05) is 55.5 Å². The van der Waals surface area contributed by atoms with E-state index in [-0.39, 0.29) is 19.8 Å². The zero-order chi connectivity index (χ0) is 27.9. The van der Waals surface area contributed by atoms with Gasteiger partial charge in [-0.1, -0.05) is 37.3 Å². The van der Waals surface area contributed by atoms with Gasteiger partial charge in [-0.25, -0.2) is 4.79 Å². The minimum Gasteiger partial charge on any atom is -0.489 e. The molecule has 0 aliphatic heterocycles. The summed E-state index contributed by atoms with van der Waals surface area (Å²) in [6.07, 6.45) is 3.83. The molecule has 0 unspecified atom stereocenters. The van der Waals surface area contributed by atoms with Crippen LogP contribution in [-0.4, -0.2) is 52.2 Å². The van der Waals surface area contributed by atoms with Crippen molar-refractivity contribution in [3.63, 3.8) is 0 Å². The number of amides is 1. The summed E-state index contributed by atoms with van der Waals surface area (Å²) in [4.78, 5) is 12.1. The Morgan fingerprint density at radius 1 is 0.923 bits per heavy atom. The maximum atomic E-state index is 12.1. The number of hydrogen-bond acceptors (Lipinski definition) is 8. The van der Waals surface area contributed by atoms with Gasteiger partial charge >= 0.3 is 6.09 Å². The lowest BCUT2D eigenvalue weighted by Gasteiger charge is -2.25. The first-order valence-corrected chi connectivity index (χ1v) is 14.0. The van der Waals surface area contributed by atoms with Gasteiger partial charge in [-0.2, -0.15) is 0 Å². The number of hydrogen-bond donors (Lipinski definition) is 3. The van der Waals surface area contributed by atoms with Crippen LogP contribution in [0.4, 0.5) is 4.79 Å². The topological polar surface area (TPSA) is 127 Å². The molecule has 0 atom stereocenters. The molecule has 0 fully saturated rings. The van der Waals surface area contributed by atoms with E-state index in [9.17, 15) is 4.79 Å². The summed E-state index contributed by atoms with van der Waals surface area (Å²) in [6, 6.07) is 13.4. The molecule has 5 N–H and O–H groups in total. The van der Waals surface area contributed by atoms with Crippen LogP contribution in [0.15, 0.2) is 64.5 Å². The van der Waals surface area contributed by atoms with Crippen LogP contribution in [0.3, 0.4) is 0 Å². The Labute approximate surface area is 238 Å². The minimum atomic E-state index is -0.511. The zero-order valence-electron chi connectivity index (χ0n) is 22.4. The molecule has 2 aromatic rings. The van der Waals surface area contributed by atoms with Crippen LogP contribution >= 0.6 is 15.9 Å². The van der Waals surface area contributed by atoms with Gasteiger partial charge in [-0.15, -0.1) is 0 Å². The molecule has 10 heteroatoms. The smallest absolute Gasteiger partial charge is 0.407 e. The van der Waals surface area contributed by atoms with Gasteiger partial charge in [0.2, 0.25) is 0 Å². The molecule has 1 amide bonds. The van der Waals surface area contributed by atoms with Crippen molar-refractivity contribution in [2.24, 2.45) is 11.5 Å². The lowest BCUT2D eigenvalue weighted by atomic mass is 9.94. The number of carbonyl (C=O) groups is 1. The molecular formula is C29H38BrN3O6. The van der Waals surface area contributed by atoms with Crippen molar-refractivity contribution in [1.29, 1.82) is 0 Å². The van der Waals surface area contributed by atoms with Crippen molar-refractivity contribution >= 4 is 27.6 Å². The lowest BCUT2D eigenvalue weighted by Crippen LogP contribution is -2.28. The molecule has 9 nitrogen and oxygen atoms in total. The fourth-order valence-corrected chi connectivity index (χ4v) is 4.34. The largest absolute Gasteiger partial charge is 0.489 e. The van der Waals surface area contributed by atoms with Gasteiger partial charge in [0.1, 0.15) is 26.4 Å². The number of nitrogens with one attached hydrogen (secondary N) is 1. The van der Waals surface area contributed by atoms with Crippen LogP contribution in [0.5, 0.6) is 11.5 Å². The standard InChI is InChI=1S/C29H38BrN3O6/c1-2-16-36-27-23(22-9-6-10-25(35-17-13-31)26(22)37-18-14-32)11-12-24(30)28(27)38-19-15-33-29(34)39-20-21-7-4-3-5-8-21/h3-5,7-8,10-12H,2,6,9,13-20,31-32H2,1H3,(H,33,34). The summed E-state index contributed by atoms with van der Waals surface area (Å²) in [5.74, 6) is 2.43. The first-order valence-electron chi connectivity index (χ1n) is 13.2. The van der Waals surface area contributed by atoms with Gasteiger partial charge < -0.3 is 40.5 Å². The SMILES string of the molecule is CCCOc1c(C2=C(OCCN)C(OCCN)=CCC2)ccc(Br)c1OCCNC(=O)OCc1ccccc1. The van der Waals surface area contributed by atoms with E-state index in [1.165, 1.54) is 0 Å². The molecule has 3 rings (SSSR count). The van der Waals surface area contributed by atoms with Crippen LogP contribution < -0.4 is 26.3 Å². The molecule has 212 valence electrons. The second-order valence-corrected chi connectivity index (χ2v) is 9.48. The van der Waals surface area contributed by atoms with E-state index in [0.717, 1.165) is 40.4 Å². The highest BCUT2D eigenvalue weighted by Gasteiger charge is 2.26. The Morgan fingerprint density at radius 3 is 2.41 bits per heavy atom. The number of alkyl carbamates (subject to hydrolysis) is 1. The van der Waals surface area contributed by atoms with Crippen molar-refractivity contribution in [3.05, 3.63) is 75.7 Å². The Kier molecular flexibility index (Phi) is 13.0. The molecule has 0 radical (unpaired) electrons. The van der Waals surface area contributed by atoms with Gasteiger partial charge in [0.25, 0.3) is 0 Å². The number of nitrogens with two attached hydrogens (primary N) is 2. The number of ether oxygens (including phenoxy) is 5. The van der Waals surface area contributed by atoms with Gasteiger partial charge in [0.05, 0.1) is 17.6 Å². The number of benzene rings is 2. The zero-order valence-corrected chi connectivity index (χ0v) is 24.0. The number of rotatable bonds is 16. The van der Waals surface area contributed by atoms with E-state index >= 15 is 0 Å². The molecule has 1 aliphatic carbocycles. The maximum Gasteiger partial charge on any atom is 0.407 e. The highest BCUT2D eigenvalue weighted by atomic mass is 79.9. The van der Waals surface area contributed by atoms with Crippen LogP contribution in [0, 0.1) is 0 Å². The first kappa shape index (κ1) is 30.3. The van der Waals surface area contributed by atoms with E-state index in [0.29, 0.717) is 55.9 Å². The molecule has 39 heavy (non-hydrogen) atoms. The van der Waals surface area contributed by atoms with E-state index in [2.05, 4.69) is 21.2 Å². The maximum absolute atomic E-state index is 12.1. The number of carbonyl (C=O) groups excluding carboxylic acids is 1. The van der Waals surface area contributed by atoms with Crippen molar-refractivity contribution in [1.82, 2.24) is 5.32 Å². The number of allylic oxidation sites excluding steroid dienone is 2. The summed E-state index contributed by atoms with van der Waals surface area (Å²) >= 11 is 3.60. The summed E-state index contributed by atoms with van der Waals surface area (Å²) in [5.41, 5.74) is 14.1. The number of halogens is 1. The van der Waals surface area contributed by atoms with Crippen LogP contribution in [0.1, 0.15) is 37.3 Å². The molecular weight excluding hydrogens is 566 g/mol. The van der Waals surface area contributed by atoms with Gasteiger partial charge in [-0.05, 0) is 59.0 Å². The Balaban J connectivity index is 1.77. The van der Waals surface area contributed by atoms with Crippen molar-refractivity contribution in [2.45, 2.75) is 32.8 Å². The third-order valence-electron chi connectivity index (χ3n) is 5.63. The van der Waals surface area contributed by atoms with E-state index in [1.54, 1.807) is 0 Å². The summed E-state index contributed by atoms with van der Waals surface area (Å²) in [7, 11) is 0. The molecule has 2 aromatic carbocycles. The molecule has 0 heterocycles. The third kappa shape index (κ3) is 9.19. The van der Waals surface area contributed by atoms with Crippen LogP contribution in [0.25, 0.3) is 5.57 Å². The molecule has 0 saturated heterocycles. The van der Waals surface area contributed by atoms with Crippen LogP contribution in [-0.2, 0) is 20.8 Å². The third-order valence-corrected chi connectivity index (χ3v) is 6.26. The molecule has 0 bridgehead atoms. The summed E-state index contributed by atoms with van der Waals surface area (Å²) in [6.45, 7) is 4.70. The average molecular weight is 605 g/mol. The Bertz CT molecular complexity index is 1120. The molecule has 0 aromatic heterocycles. The fourth-order valence-electron chi connectivity index (χ4n) is 3.91. The van der Waals surface area contributed by atoms with Crippen molar-refractivity contribution < 1.29 is 28.5 Å². The van der Waals surface area contributed by atoms with Crippen molar-refractivity contribution in [2.75, 3.05) is 46.1 Å². The average Bonchev–Trinajstić information content (AvgIpc) is 2.96. The molecule has 0 spiro atoms. The predicted molar refractivity (Wildman–Crippen MR) is 154 cm³/mol. The summed E-state index contributed by atoms with van der Waals surface area (Å²) < 4.78 is 30.3. The minimum absolute atomic E-state index is 0.200. The molecule has 1 aliphatic rings. The van der Waals surface area contributed by atoms with Gasteiger partial charge in [-0.3, -0.25) is 0 Å². The van der Waals surface area contributed by atoms with Gasteiger partial charge in [0.15, 0.2) is 23.0 Å². The van der Waals surface area contributed by atoms with Gasteiger partial charge in [0, 0.05) is 24.2 Å². The highest BCUT2D eigenvalue weighted by Crippen LogP contribution is 2.45. The monoisotopic (exact) mass is 603 g/mol. The first-order chi connectivity index (χ1) is 19.1. The second-order valence-electron chi connectivity index (χ2n) is 8.63. The second kappa shape index (κ2) is 16.7. The highest BCUT2D eigenvalue weighted by molar-refractivity contribution is 9.10. The van der Waals surface area contributed by atoms with Crippen molar-refractivity contribution in [3.8, 4) is 11.5 Å². The van der Waals surface area contributed by atoms with E-state index < -0.39 is 6.09 Å². The summed E-state index contributed by atoms with van der Waals surface area (Å²) in [5, 5.41) is 2.72. The normalized spacial score (nSPS) is 13.0. The van der Waals surface area contributed by atoms with E-state index in [4.69, 9.17) is 35.2 Å². The Morgan fingerprint density at radius 2 is 1.67 bits per heavy atom. The lowest BCUT2D eigenvalue weighted by molar-refractivity contribution is 0.137. The quantitative estimate of drug-likeness (QED) is 0.232. The molecule has 0 saturated carbocycles.